The Hall–Kier alpha value is -2.88. The van der Waals surface area contributed by atoms with Crippen molar-refractivity contribution in [1.29, 1.82) is 0 Å². The van der Waals surface area contributed by atoms with Crippen molar-refractivity contribution >= 4 is 11.6 Å². The molecule has 1 aromatic heterocycles. The Labute approximate surface area is 166 Å². The molecule has 144 valence electrons. The smallest absolute Gasteiger partial charge is 0.255 e. The Morgan fingerprint density at radius 1 is 1.04 bits per heavy atom. The average Bonchev–Trinajstić information content (AvgIpc) is 3.12. The molecule has 4 rings (SSSR count). The van der Waals surface area contributed by atoms with Crippen LogP contribution in [0.15, 0.2) is 54.7 Å². The van der Waals surface area contributed by atoms with Gasteiger partial charge in [-0.3, -0.25) is 4.79 Å². The largest absolute Gasteiger partial charge is 0.334 e. The lowest BCUT2D eigenvalue weighted by Crippen LogP contribution is -2.14. The van der Waals surface area contributed by atoms with Crippen LogP contribution < -0.4 is 5.32 Å². The van der Waals surface area contributed by atoms with Crippen LogP contribution in [-0.4, -0.2) is 15.5 Å². The number of hydrogen-bond acceptors (Lipinski definition) is 2. The molecule has 0 spiro atoms. The van der Waals surface area contributed by atoms with E-state index >= 15 is 0 Å². The molecule has 0 aliphatic carbocycles. The highest BCUT2D eigenvalue weighted by Gasteiger charge is 2.17. The maximum absolute atomic E-state index is 12.8. The van der Waals surface area contributed by atoms with Crippen LogP contribution in [0.1, 0.15) is 55.4 Å². The number of para-hydroxylation sites is 1. The van der Waals surface area contributed by atoms with Crippen LogP contribution in [0.4, 0.5) is 5.69 Å². The second-order valence-electron chi connectivity index (χ2n) is 8.52. The van der Waals surface area contributed by atoms with E-state index in [1.165, 1.54) is 18.4 Å². The van der Waals surface area contributed by atoms with Crippen molar-refractivity contribution in [3.05, 3.63) is 71.7 Å². The molecule has 0 atom stereocenters. The minimum absolute atomic E-state index is 0.0713. The second-order valence-corrected chi connectivity index (χ2v) is 8.52. The molecule has 0 bridgehead atoms. The summed E-state index contributed by atoms with van der Waals surface area (Å²) in [5, 5.41) is 3.08. The van der Waals surface area contributed by atoms with E-state index in [0.29, 0.717) is 5.56 Å². The Kier molecular flexibility index (Phi) is 4.80. The third-order valence-electron chi connectivity index (χ3n) is 5.37. The number of nitrogens with one attached hydrogen (secondary N) is 1. The predicted molar refractivity (Wildman–Crippen MR) is 114 cm³/mol. The van der Waals surface area contributed by atoms with Crippen LogP contribution in [0.5, 0.6) is 0 Å². The lowest BCUT2D eigenvalue weighted by Gasteiger charge is -2.19. The normalized spacial score (nSPS) is 13.8. The van der Waals surface area contributed by atoms with Crippen molar-refractivity contribution in [3.8, 4) is 11.3 Å². The van der Waals surface area contributed by atoms with Gasteiger partial charge in [-0.1, -0.05) is 51.1 Å². The standard InChI is InChI=1S/C24H27N3O/c1-24(2,3)18-13-11-17(12-14-18)23(28)26-20-9-5-4-8-19(20)21-16-27-15-7-6-10-22(27)25-21/h4-5,8-9,11-14,16H,6-7,10,15H2,1-3H3,(H,26,28). The lowest BCUT2D eigenvalue weighted by atomic mass is 9.86. The van der Waals surface area contributed by atoms with E-state index in [9.17, 15) is 4.79 Å². The third kappa shape index (κ3) is 3.72. The summed E-state index contributed by atoms with van der Waals surface area (Å²) in [6.07, 6.45) is 5.53. The van der Waals surface area contributed by atoms with Crippen molar-refractivity contribution in [2.45, 2.75) is 52.0 Å². The number of imidazole rings is 1. The van der Waals surface area contributed by atoms with E-state index < -0.39 is 0 Å². The SMILES string of the molecule is CC(C)(C)c1ccc(C(=O)Nc2ccccc2-c2cn3c(n2)CCCC3)cc1. The van der Waals surface area contributed by atoms with Crippen molar-refractivity contribution in [2.75, 3.05) is 5.32 Å². The fraction of sp³-hybridized carbons (Fsp3) is 0.333. The monoisotopic (exact) mass is 373 g/mol. The number of nitrogens with zero attached hydrogens (tertiary/aromatic N) is 2. The van der Waals surface area contributed by atoms with E-state index in [1.807, 2.05) is 48.5 Å². The number of amides is 1. The van der Waals surface area contributed by atoms with Gasteiger partial charge in [0.05, 0.1) is 11.4 Å². The van der Waals surface area contributed by atoms with Crippen molar-refractivity contribution in [1.82, 2.24) is 9.55 Å². The molecule has 0 saturated heterocycles. The molecule has 0 radical (unpaired) electrons. The molecule has 1 aliphatic rings. The summed E-state index contributed by atoms with van der Waals surface area (Å²) < 4.78 is 2.24. The summed E-state index contributed by atoms with van der Waals surface area (Å²) in [6, 6.07) is 15.7. The van der Waals surface area contributed by atoms with Crippen LogP contribution in [0, 0.1) is 0 Å². The fourth-order valence-corrected chi connectivity index (χ4v) is 3.67. The Bertz CT molecular complexity index is 970. The molecular formula is C24H27N3O. The zero-order valence-corrected chi connectivity index (χ0v) is 16.8. The number of aryl methyl sites for hydroxylation is 2. The molecule has 4 nitrogen and oxygen atoms in total. The molecule has 2 heterocycles. The first-order valence-electron chi connectivity index (χ1n) is 9.99. The van der Waals surface area contributed by atoms with E-state index in [-0.39, 0.29) is 11.3 Å². The first kappa shape index (κ1) is 18.5. The number of hydrogen-bond donors (Lipinski definition) is 1. The van der Waals surface area contributed by atoms with Crippen LogP contribution in [0.25, 0.3) is 11.3 Å². The topological polar surface area (TPSA) is 46.9 Å². The van der Waals surface area contributed by atoms with Gasteiger partial charge in [-0.05, 0) is 42.0 Å². The number of anilines is 1. The van der Waals surface area contributed by atoms with Gasteiger partial charge >= 0.3 is 0 Å². The van der Waals surface area contributed by atoms with E-state index in [4.69, 9.17) is 4.98 Å². The molecule has 0 fully saturated rings. The highest BCUT2D eigenvalue weighted by Crippen LogP contribution is 2.29. The number of aromatic nitrogens is 2. The molecule has 1 amide bonds. The number of rotatable bonds is 3. The van der Waals surface area contributed by atoms with Gasteiger partial charge in [0.2, 0.25) is 0 Å². The first-order valence-corrected chi connectivity index (χ1v) is 9.99. The minimum atomic E-state index is -0.100. The maximum atomic E-state index is 12.8. The summed E-state index contributed by atoms with van der Waals surface area (Å²) in [5.74, 6) is 1.04. The quantitative estimate of drug-likeness (QED) is 0.665. The zero-order chi connectivity index (χ0) is 19.7. The molecule has 4 heteroatoms. The zero-order valence-electron chi connectivity index (χ0n) is 16.8. The maximum Gasteiger partial charge on any atom is 0.255 e. The van der Waals surface area contributed by atoms with Crippen LogP contribution in [0.3, 0.4) is 0 Å². The molecular weight excluding hydrogens is 346 g/mol. The van der Waals surface area contributed by atoms with Crippen LogP contribution in [0.2, 0.25) is 0 Å². The molecule has 3 aromatic rings. The highest BCUT2D eigenvalue weighted by molar-refractivity contribution is 6.06. The van der Waals surface area contributed by atoms with Gasteiger partial charge in [-0.15, -0.1) is 0 Å². The van der Waals surface area contributed by atoms with Crippen molar-refractivity contribution in [3.63, 3.8) is 0 Å². The van der Waals surface area contributed by atoms with Gasteiger partial charge in [-0.2, -0.15) is 0 Å². The van der Waals surface area contributed by atoms with Crippen molar-refractivity contribution in [2.24, 2.45) is 0 Å². The van der Waals surface area contributed by atoms with Crippen LogP contribution in [-0.2, 0) is 18.4 Å². The summed E-state index contributed by atoms with van der Waals surface area (Å²) in [6.45, 7) is 7.53. The van der Waals surface area contributed by atoms with Gasteiger partial charge < -0.3 is 9.88 Å². The van der Waals surface area contributed by atoms with E-state index in [2.05, 4.69) is 36.9 Å². The molecule has 1 N–H and O–H groups in total. The number of carbonyl (C=O) groups excluding carboxylic acids is 1. The minimum Gasteiger partial charge on any atom is -0.334 e. The third-order valence-corrected chi connectivity index (χ3v) is 5.37. The Morgan fingerprint density at radius 2 is 1.79 bits per heavy atom. The molecule has 2 aromatic carbocycles. The number of benzene rings is 2. The summed E-state index contributed by atoms with van der Waals surface area (Å²) in [4.78, 5) is 17.6. The van der Waals surface area contributed by atoms with Gasteiger partial charge in [0.1, 0.15) is 5.82 Å². The molecule has 28 heavy (non-hydrogen) atoms. The van der Waals surface area contributed by atoms with Crippen LogP contribution >= 0.6 is 0 Å². The fourth-order valence-electron chi connectivity index (χ4n) is 3.67. The summed E-state index contributed by atoms with van der Waals surface area (Å²) in [5.41, 5.74) is 4.63. The molecule has 1 aliphatic heterocycles. The molecule has 0 saturated carbocycles. The summed E-state index contributed by atoms with van der Waals surface area (Å²) in [7, 11) is 0. The number of fused-ring (bicyclic) bond motifs is 1. The predicted octanol–water partition coefficient (Wildman–Crippen LogP) is 5.44. The second kappa shape index (κ2) is 7.27. The lowest BCUT2D eigenvalue weighted by molar-refractivity contribution is 0.102. The van der Waals surface area contributed by atoms with Gasteiger partial charge in [0.15, 0.2) is 0 Å². The van der Waals surface area contributed by atoms with E-state index in [1.54, 1.807) is 0 Å². The number of carbonyl (C=O) groups is 1. The molecule has 0 unspecified atom stereocenters. The van der Waals surface area contributed by atoms with Gasteiger partial charge in [0.25, 0.3) is 5.91 Å². The highest BCUT2D eigenvalue weighted by atomic mass is 16.1. The van der Waals surface area contributed by atoms with Crippen molar-refractivity contribution < 1.29 is 4.79 Å². The summed E-state index contributed by atoms with van der Waals surface area (Å²) >= 11 is 0. The Balaban J connectivity index is 1.59. The Morgan fingerprint density at radius 3 is 2.50 bits per heavy atom. The first-order chi connectivity index (χ1) is 13.4. The van der Waals surface area contributed by atoms with E-state index in [0.717, 1.165) is 35.7 Å². The van der Waals surface area contributed by atoms with Gasteiger partial charge in [0, 0.05) is 30.3 Å². The average molecular weight is 374 g/mol. The van der Waals surface area contributed by atoms with Gasteiger partial charge in [-0.25, -0.2) is 4.98 Å².